The fraction of sp³-hybridized carbons (Fsp3) is 0.500. The summed E-state index contributed by atoms with van der Waals surface area (Å²) in [5.74, 6) is -1.04. The first-order valence-corrected chi connectivity index (χ1v) is 11.4. The number of anilines is 1. The van der Waals surface area contributed by atoms with Crippen molar-refractivity contribution in [3.8, 4) is 0 Å². The molecule has 0 saturated carbocycles. The van der Waals surface area contributed by atoms with Crippen molar-refractivity contribution in [1.29, 1.82) is 0 Å². The number of aryl methyl sites for hydroxylation is 2. The molecule has 8 nitrogen and oxygen atoms in total. The molecular formula is C20H25F3N5O3S-. The van der Waals surface area contributed by atoms with Crippen LogP contribution in [0.4, 0.5) is 18.9 Å². The largest absolute Gasteiger partial charge is 0.861 e. The molecule has 32 heavy (non-hydrogen) atoms. The molecule has 0 radical (unpaired) electrons. The Bertz CT molecular complexity index is 1100. The summed E-state index contributed by atoms with van der Waals surface area (Å²) in [5.41, 5.74) is -0.260. The van der Waals surface area contributed by atoms with Gasteiger partial charge in [-0.25, -0.2) is 4.31 Å². The second-order valence-corrected chi connectivity index (χ2v) is 9.54. The standard InChI is InChI=1S/C20H26F3N5O3S/c1-14-7-15(9-16(8-14)20(21,22)23)10-19(29)25-32(30,31)28(18-11-24-27(3)13-18)17-5-4-6-26(2)12-17/h7-9,11,13,17H,4-6,10,12H2,1-3H3,(H,25,29)/p-1. The van der Waals surface area contributed by atoms with Crippen molar-refractivity contribution < 1.29 is 26.7 Å². The van der Waals surface area contributed by atoms with Crippen LogP contribution in [0, 0.1) is 6.92 Å². The van der Waals surface area contributed by atoms with E-state index in [1.54, 1.807) is 7.05 Å². The Labute approximate surface area is 185 Å². The highest BCUT2D eigenvalue weighted by atomic mass is 32.2. The van der Waals surface area contributed by atoms with Crippen LogP contribution in [0.15, 0.2) is 35.0 Å². The van der Waals surface area contributed by atoms with Crippen molar-refractivity contribution >= 4 is 21.8 Å². The van der Waals surface area contributed by atoms with Crippen LogP contribution in [0.3, 0.4) is 0 Å². The van der Waals surface area contributed by atoms with Crippen molar-refractivity contribution in [2.24, 2.45) is 11.4 Å². The molecule has 0 aliphatic carbocycles. The number of rotatable bonds is 6. The second-order valence-electron chi connectivity index (χ2n) is 8.07. The number of hydrogen-bond donors (Lipinski definition) is 0. The van der Waals surface area contributed by atoms with Gasteiger partial charge in [0.2, 0.25) is 0 Å². The summed E-state index contributed by atoms with van der Waals surface area (Å²) in [6.07, 6.45) is -0.892. The number of likely N-dealkylation sites (N-methyl/N-ethyl adjacent to an activating group) is 1. The summed E-state index contributed by atoms with van der Waals surface area (Å²) in [5, 5.41) is 16.5. The summed E-state index contributed by atoms with van der Waals surface area (Å²) in [6, 6.07) is 2.76. The van der Waals surface area contributed by atoms with Crippen LogP contribution in [-0.4, -0.2) is 55.2 Å². The molecule has 0 N–H and O–H groups in total. The van der Waals surface area contributed by atoms with E-state index in [4.69, 9.17) is 0 Å². The van der Waals surface area contributed by atoms with Gasteiger partial charge in [0.25, 0.3) is 0 Å². The van der Waals surface area contributed by atoms with Crippen molar-refractivity contribution in [2.45, 2.75) is 38.4 Å². The van der Waals surface area contributed by atoms with E-state index < -0.39 is 40.3 Å². The molecule has 1 fully saturated rings. The Balaban J connectivity index is 1.92. The Morgan fingerprint density at radius 2 is 2.03 bits per heavy atom. The van der Waals surface area contributed by atoms with Crippen molar-refractivity contribution in [3.05, 3.63) is 47.3 Å². The number of halogens is 3. The average molecular weight is 473 g/mol. The molecule has 0 bridgehead atoms. The Morgan fingerprint density at radius 1 is 1.31 bits per heavy atom. The van der Waals surface area contributed by atoms with Gasteiger partial charge in [-0.15, -0.1) is 0 Å². The molecule has 2 aromatic rings. The zero-order chi connectivity index (χ0) is 23.7. The summed E-state index contributed by atoms with van der Waals surface area (Å²) in [6.45, 7) is 2.74. The van der Waals surface area contributed by atoms with E-state index >= 15 is 0 Å². The molecule has 1 aromatic carbocycles. The third-order valence-electron chi connectivity index (χ3n) is 5.16. The van der Waals surface area contributed by atoms with Crippen molar-refractivity contribution in [3.63, 3.8) is 0 Å². The molecule has 2 heterocycles. The van der Waals surface area contributed by atoms with Gasteiger partial charge in [-0.1, -0.05) is 11.6 Å². The van der Waals surface area contributed by atoms with E-state index in [1.165, 1.54) is 30.1 Å². The molecular weight excluding hydrogens is 447 g/mol. The van der Waals surface area contributed by atoms with Gasteiger partial charge in [-0.2, -0.15) is 31.1 Å². The topological polar surface area (TPSA) is 93.9 Å². The quantitative estimate of drug-likeness (QED) is 0.473. The van der Waals surface area contributed by atoms with Crippen molar-refractivity contribution in [1.82, 2.24) is 14.7 Å². The minimum absolute atomic E-state index is 0.0478. The van der Waals surface area contributed by atoms with Gasteiger partial charge >= 0.3 is 16.4 Å². The summed E-state index contributed by atoms with van der Waals surface area (Å²) >= 11 is 0. The molecule has 1 saturated heterocycles. The monoisotopic (exact) mass is 472 g/mol. The molecule has 3 rings (SSSR count). The molecule has 1 atom stereocenters. The van der Waals surface area contributed by atoms with Crippen LogP contribution in [0.2, 0.25) is 0 Å². The molecule has 0 amide bonds. The number of nitrogens with zero attached hydrogens (tertiary/aromatic N) is 5. The summed E-state index contributed by atoms with van der Waals surface area (Å²) in [4.78, 5) is 1.99. The highest BCUT2D eigenvalue weighted by Crippen LogP contribution is 2.31. The molecule has 1 unspecified atom stereocenters. The van der Waals surface area contributed by atoms with Crippen LogP contribution in [-0.2, 0) is 29.9 Å². The second kappa shape index (κ2) is 9.10. The van der Waals surface area contributed by atoms with E-state index in [2.05, 4.69) is 9.50 Å². The summed E-state index contributed by atoms with van der Waals surface area (Å²) in [7, 11) is -0.935. The van der Waals surface area contributed by atoms with Gasteiger partial charge < -0.3 is 10.0 Å². The van der Waals surface area contributed by atoms with Crippen LogP contribution in [0.1, 0.15) is 29.5 Å². The lowest BCUT2D eigenvalue weighted by atomic mass is 10.0. The van der Waals surface area contributed by atoms with Gasteiger partial charge in [0.1, 0.15) is 0 Å². The van der Waals surface area contributed by atoms with E-state index in [-0.39, 0.29) is 11.3 Å². The molecule has 12 heteroatoms. The minimum atomic E-state index is -4.57. The zero-order valence-corrected chi connectivity index (χ0v) is 18.8. The van der Waals surface area contributed by atoms with Crippen LogP contribution < -0.4 is 9.41 Å². The highest BCUT2D eigenvalue weighted by Gasteiger charge is 2.34. The zero-order valence-electron chi connectivity index (χ0n) is 18.0. The fourth-order valence-electron chi connectivity index (χ4n) is 3.89. The average Bonchev–Trinajstić information content (AvgIpc) is 3.05. The van der Waals surface area contributed by atoms with Crippen LogP contribution in [0.25, 0.3) is 0 Å². The predicted molar refractivity (Wildman–Crippen MR) is 112 cm³/mol. The highest BCUT2D eigenvalue weighted by molar-refractivity contribution is 7.91. The first-order chi connectivity index (χ1) is 14.8. The molecule has 0 spiro atoms. The van der Waals surface area contributed by atoms with Gasteiger partial charge in [0.05, 0.1) is 23.5 Å². The number of alkyl halides is 3. The first-order valence-electron chi connectivity index (χ1n) is 10.0. The third-order valence-corrected chi connectivity index (χ3v) is 6.60. The lowest BCUT2D eigenvalue weighted by Gasteiger charge is -2.36. The van der Waals surface area contributed by atoms with Gasteiger partial charge in [-0.3, -0.25) is 4.68 Å². The van der Waals surface area contributed by atoms with Gasteiger partial charge in [0, 0.05) is 26.2 Å². The third kappa shape index (κ3) is 5.80. The maximum Gasteiger partial charge on any atom is 0.416 e. The van der Waals surface area contributed by atoms with E-state index in [9.17, 15) is 26.7 Å². The minimum Gasteiger partial charge on any atom is -0.861 e. The SMILES string of the molecule is Cc1cc(C/C([O-])=N/S(=O)(=O)N(c2cnn(C)c2)C2CCCN(C)C2)cc(C(F)(F)F)c1. The van der Waals surface area contributed by atoms with Gasteiger partial charge in [-0.05, 0) is 57.0 Å². The lowest BCUT2D eigenvalue weighted by molar-refractivity contribution is -0.217. The van der Waals surface area contributed by atoms with Crippen LogP contribution in [0.5, 0.6) is 0 Å². The molecule has 176 valence electrons. The Hall–Kier alpha value is -2.60. The predicted octanol–water partition coefficient (Wildman–Crippen LogP) is 1.89. The molecule has 1 aliphatic rings. The number of benzene rings is 1. The maximum absolute atomic E-state index is 13.1. The Morgan fingerprint density at radius 3 is 2.62 bits per heavy atom. The fourth-order valence-corrected chi connectivity index (χ4v) is 5.21. The number of piperidine rings is 1. The maximum atomic E-state index is 13.1. The number of likely N-dealkylation sites (tertiary alicyclic amines) is 1. The van der Waals surface area contributed by atoms with Gasteiger partial charge in [0.15, 0.2) is 0 Å². The first kappa shape index (κ1) is 24.1. The van der Waals surface area contributed by atoms with Crippen LogP contribution >= 0.6 is 0 Å². The Kier molecular flexibility index (Phi) is 6.84. The van der Waals surface area contributed by atoms with E-state index in [1.807, 2.05) is 11.9 Å². The molecule has 1 aliphatic heterocycles. The van der Waals surface area contributed by atoms with Crippen molar-refractivity contribution in [2.75, 3.05) is 24.4 Å². The van der Waals surface area contributed by atoms with E-state index in [0.717, 1.165) is 29.4 Å². The normalized spacial score (nSPS) is 18.7. The number of aromatic nitrogens is 2. The summed E-state index contributed by atoms with van der Waals surface area (Å²) < 4.78 is 71.5. The lowest BCUT2D eigenvalue weighted by Crippen LogP contribution is -2.49. The smallest absolute Gasteiger partial charge is 0.416 e. The molecule has 1 aromatic heterocycles. The number of hydrogen-bond acceptors (Lipinski definition) is 5. The van der Waals surface area contributed by atoms with E-state index in [0.29, 0.717) is 18.5 Å².